The van der Waals surface area contributed by atoms with Crippen LogP contribution in [0, 0.1) is 5.92 Å². The molecule has 0 bridgehead atoms. The summed E-state index contributed by atoms with van der Waals surface area (Å²) in [7, 11) is 0. The zero-order valence-corrected chi connectivity index (χ0v) is 19.6. The van der Waals surface area contributed by atoms with Crippen molar-refractivity contribution in [1.82, 2.24) is 30.3 Å². The smallest absolute Gasteiger partial charge is 0.315 e. The fourth-order valence-electron chi connectivity index (χ4n) is 3.98. The van der Waals surface area contributed by atoms with E-state index in [1.54, 1.807) is 22.9 Å². The first-order chi connectivity index (χ1) is 16.2. The van der Waals surface area contributed by atoms with E-state index in [4.69, 9.17) is 11.6 Å². The molecule has 1 aliphatic rings. The summed E-state index contributed by atoms with van der Waals surface area (Å²) < 4.78 is 27.1. The second kappa shape index (κ2) is 11.4. The van der Waals surface area contributed by atoms with Crippen LogP contribution in [-0.4, -0.2) is 62.4 Å². The van der Waals surface area contributed by atoms with Gasteiger partial charge in [-0.05, 0) is 48.9 Å². The molecule has 3 amide bonds. The van der Waals surface area contributed by atoms with Crippen LogP contribution in [0.15, 0.2) is 30.9 Å². The largest absolute Gasteiger partial charge is 0.350 e. The molecule has 184 valence electrons. The van der Waals surface area contributed by atoms with E-state index in [0.717, 1.165) is 0 Å². The number of aromatic nitrogens is 3. The summed E-state index contributed by atoms with van der Waals surface area (Å²) in [6.45, 7) is 4.07. The molecule has 2 aromatic rings. The molecule has 9 nitrogen and oxygen atoms in total. The molecule has 12 heteroatoms. The summed E-state index contributed by atoms with van der Waals surface area (Å²) in [5.74, 6) is -2.44. The van der Waals surface area contributed by atoms with E-state index in [2.05, 4.69) is 20.7 Å². The predicted molar refractivity (Wildman–Crippen MR) is 120 cm³/mol. The highest BCUT2D eigenvalue weighted by molar-refractivity contribution is 6.30. The van der Waals surface area contributed by atoms with E-state index in [1.165, 1.54) is 17.6 Å². The van der Waals surface area contributed by atoms with Crippen molar-refractivity contribution >= 4 is 29.3 Å². The van der Waals surface area contributed by atoms with Gasteiger partial charge in [0, 0.05) is 18.1 Å². The Labute approximate surface area is 200 Å². The molecule has 1 aliphatic heterocycles. The number of hydrogen-bond donors (Lipinski definition) is 2. The monoisotopic (exact) mass is 496 g/mol. The third-order valence-corrected chi connectivity index (χ3v) is 5.75. The Morgan fingerprint density at radius 3 is 2.68 bits per heavy atom. The summed E-state index contributed by atoms with van der Waals surface area (Å²) >= 11 is 6.13. The van der Waals surface area contributed by atoms with Gasteiger partial charge in [-0.15, -0.1) is 0 Å². The topological polar surface area (TPSA) is 109 Å². The average Bonchev–Trinajstić information content (AvgIpc) is 3.48. The zero-order valence-electron chi connectivity index (χ0n) is 18.9. The van der Waals surface area contributed by atoms with E-state index < -0.39 is 30.3 Å². The molecule has 2 atom stereocenters. The third-order valence-electron chi connectivity index (χ3n) is 5.52. The summed E-state index contributed by atoms with van der Waals surface area (Å²) in [6.07, 6.45) is 0.889. The lowest BCUT2D eigenvalue weighted by molar-refractivity contribution is -0.143. The van der Waals surface area contributed by atoms with Gasteiger partial charge in [-0.25, -0.2) is 9.67 Å². The maximum atomic E-state index is 13.1. The lowest BCUT2D eigenvalue weighted by Crippen LogP contribution is -2.54. The van der Waals surface area contributed by atoms with Crippen LogP contribution in [0.2, 0.25) is 5.02 Å². The quantitative estimate of drug-likeness (QED) is 0.554. The van der Waals surface area contributed by atoms with Crippen LogP contribution < -0.4 is 10.6 Å². The Bertz CT molecular complexity index is 1020. The van der Waals surface area contributed by atoms with E-state index in [1.807, 2.05) is 13.8 Å². The van der Waals surface area contributed by atoms with Gasteiger partial charge in [0.1, 0.15) is 24.7 Å². The van der Waals surface area contributed by atoms with Crippen LogP contribution in [0.1, 0.15) is 38.7 Å². The van der Waals surface area contributed by atoms with E-state index in [-0.39, 0.29) is 24.8 Å². The maximum absolute atomic E-state index is 13.1. The Hall–Kier alpha value is -3.08. The van der Waals surface area contributed by atoms with Crippen molar-refractivity contribution in [3.63, 3.8) is 0 Å². The standard InChI is InChI=1S/C22H27ClF2N6O3/c1-13(2)8-16(29-21(33)19(24)25)22(34)30-7-3-4-18(30)20(32)27-10-14-9-15(23)5-6-17(14)31-12-26-11-28-31/h5-6,9,11-13,16,18-19H,3-4,7-8,10H2,1-2H3,(H,27,32)(H,29,33)/t16-,18-/m0/s1. The van der Waals surface area contributed by atoms with Gasteiger partial charge in [0.25, 0.3) is 5.91 Å². The third kappa shape index (κ3) is 6.28. The zero-order chi connectivity index (χ0) is 24.8. The Morgan fingerprint density at radius 2 is 2.03 bits per heavy atom. The molecule has 0 radical (unpaired) electrons. The van der Waals surface area contributed by atoms with Gasteiger partial charge in [-0.1, -0.05) is 25.4 Å². The number of nitrogens with zero attached hydrogens (tertiary/aromatic N) is 4. The van der Waals surface area contributed by atoms with Crippen molar-refractivity contribution in [2.45, 2.75) is 58.2 Å². The molecule has 34 heavy (non-hydrogen) atoms. The van der Waals surface area contributed by atoms with Crippen LogP contribution >= 0.6 is 11.6 Å². The van der Waals surface area contributed by atoms with Crippen molar-refractivity contribution < 1.29 is 23.2 Å². The molecule has 3 rings (SSSR count). The van der Waals surface area contributed by atoms with Gasteiger partial charge < -0.3 is 15.5 Å². The van der Waals surface area contributed by atoms with Crippen LogP contribution in [0.5, 0.6) is 0 Å². The number of nitrogens with one attached hydrogen (secondary N) is 2. The van der Waals surface area contributed by atoms with Gasteiger partial charge in [-0.2, -0.15) is 13.9 Å². The summed E-state index contributed by atoms with van der Waals surface area (Å²) in [4.78, 5) is 43.0. The summed E-state index contributed by atoms with van der Waals surface area (Å²) in [5.41, 5.74) is 1.39. The first-order valence-electron chi connectivity index (χ1n) is 11.0. The molecular formula is C22H27ClF2N6O3. The number of likely N-dealkylation sites (tertiary alicyclic amines) is 1. The number of carbonyl (C=O) groups is 3. The second-order valence-electron chi connectivity index (χ2n) is 8.51. The summed E-state index contributed by atoms with van der Waals surface area (Å²) in [6, 6.07) is 3.27. The van der Waals surface area contributed by atoms with Gasteiger partial charge in [0.15, 0.2) is 0 Å². The lowest BCUT2D eigenvalue weighted by Gasteiger charge is -2.29. The fraction of sp³-hybridized carbons (Fsp3) is 0.500. The molecule has 0 aliphatic carbocycles. The first kappa shape index (κ1) is 25.5. The van der Waals surface area contributed by atoms with Crippen LogP contribution in [0.4, 0.5) is 8.78 Å². The molecule has 1 saturated heterocycles. The number of amides is 3. The number of benzene rings is 1. The Kier molecular flexibility index (Phi) is 8.54. The Morgan fingerprint density at radius 1 is 1.26 bits per heavy atom. The minimum atomic E-state index is -3.22. The predicted octanol–water partition coefficient (Wildman–Crippen LogP) is 2.32. The van der Waals surface area contributed by atoms with E-state index >= 15 is 0 Å². The highest BCUT2D eigenvalue weighted by Gasteiger charge is 2.38. The van der Waals surface area contributed by atoms with Crippen molar-refractivity contribution in [3.8, 4) is 5.69 Å². The molecule has 0 spiro atoms. The highest BCUT2D eigenvalue weighted by Crippen LogP contribution is 2.22. The lowest BCUT2D eigenvalue weighted by atomic mass is 10.0. The second-order valence-corrected chi connectivity index (χ2v) is 8.95. The van der Waals surface area contributed by atoms with Crippen LogP contribution in [-0.2, 0) is 20.9 Å². The molecule has 2 N–H and O–H groups in total. The number of rotatable bonds is 9. The van der Waals surface area contributed by atoms with Crippen molar-refractivity contribution in [1.29, 1.82) is 0 Å². The molecule has 1 aromatic carbocycles. The minimum Gasteiger partial charge on any atom is -0.350 e. The number of alkyl halides is 2. The highest BCUT2D eigenvalue weighted by atomic mass is 35.5. The number of carbonyl (C=O) groups excluding carboxylic acids is 3. The van der Waals surface area contributed by atoms with Crippen molar-refractivity contribution in [2.24, 2.45) is 5.92 Å². The molecular weight excluding hydrogens is 470 g/mol. The average molecular weight is 497 g/mol. The maximum Gasteiger partial charge on any atom is 0.315 e. The minimum absolute atomic E-state index is 0.0279. The van der Waals surface area contributed by atoms with Crippen LogP contribution in [0.3, 0.4) is 0 Å². The van der Waals surface area contributed by atoms with Gasteiger partial charge in [0.2, 0.25) is 11.8 Å². The molecule has 2 heterocycles. The molecule has 1 fully saturated rings. The fourth-order valence-corrected chi connectivity index (χ4v) is 4.18. The summed E-state index contributed by atoms with van der Waals surface area (Å²) in [5, 5.41) is 9.55. The van der Waals surface area contributed by atoms with Gasteiger partial charge >= 0.3 is 6.43 Å². The van der Waals surface area contributed by atoms with E-state index in [9.17, 15) is 23.2 Å². The number of hydrogen-bond acceptors (Lipinski definition) is 5. The molecule has 0 saturated carbocycles. The van der Waals surface area contributed by atoms with Gasteiger partial charge in [0.05, 0.1) is 5.69 Å². The van der Waals surface area contributed by atoms with E-state index in [0.29, 0.717) is 35.7 Å². The first-order valence-corrected chi connectivity index (χ1v) is 11.3. The Balaban J connectivity index is 1.71. The molecule has 1 aromatic heterocycles. The normalized spacial score (nSPS) is 16.7. The molecule has 0 unspecified atom stereocenters. The van der Waals surface area contributed by atoms with Crippen molar-refractivity contribution in [2.75, 3.05) is 6.54 Å². The van der Waals surface area contributed by atoms with Crippen LogP contribution in [0.25, 0.3) is 5.69 Å². The van der Waals surface area contributed by atoms with Gasteiger partial charge in [-0.3, -0.25) is 14.4 Å². The number of halogens is 3. The van der Waals surface area contributed by atoms with Crippen molar-refractivity contribution in [3.05, 3.63) is 41.4 Å². The SMILES string of the molecule is CC(C)C[C@H](NC(=O)C(F)F)C(=O)N1CCC[C@H]1C(=O)NCc1cc(Cl)ccc1-n1cncn1.